The summed E-state index contributed by atoms with van der Waals surface area (Å²) in [6.07, 6.45) is 11.1. The highest BCUT2D eigenvalue weighted by Crippen LogP contribution is 2.30. The summed E-state index contributed by atoms with van der Waals surface area (Å²) < 4.78 is 5.37. The molecule has 1 aliphatic rings. The fraction of sp³-hybridized carbons (Fsp3) is 0.895. The Hall–Kier alpha value is -1.06. The third-order valence-corrected chi connectivity index (χ3v) is 5.15. The quantitative estimate of drug-likeness (QED) is 0.437. The van der Waals surface area contributed by atoms with Crippen molar-refractivity contribution >= 4 is 11.9 Å². The molecule has 0 amide bonds. The van der Waals surface area contributed by atoms with Gasteiger partial charge in [-0.3, -0.25) is 9.59 Å². The number of rotatable bonds is 11. The maximum absolute atomic E-state index is 12.0. The van der Waals surface area contributed by atoms with E-state index in [4.69, 9.17) is 9.84 Å². The highest BCUT2D eigenvalue weighted by atomic mass is 16.5. The third kappa shape index (κ3) is 7.85. The molecule has 4 heteroatoms. The van der Waals surface area contributed by atoms with Gasteiger partial charge < -0.3 is 9.84 Å². The molecule has 1 N–H and O–H groups in total. The van der Waals surface area contributed by atoms with Gasteiger partial charge >= 0.3 is 11.9 Å². The Kier molecular flexibility index (Phi) is 9.97. The highest BCUT2D eigenvalue weighted by Gasteiger charge is 2.31. The van der Waals surface area contributed by atoms with Gasteiger partial charge in [-0.05, 0) is 38.0 Å². The molecule has 0 heterocycles. The number of carbonyl (C=O) groups excluding carboxylic acids is 1. The van der Waals surface area contributed by atoms with Crippen LogP contribution in [0.3, 0.4) is 0 Å². The van der Waals surface area contributed by atoms with Crippen LogP contribution in [0.1, 0.15) is 84.5 Å². The summed E-state index contributed by atoms with van der Waals surface area (Å²) in [5.41, 5.74) is 0. The first-order chi connectivity index (χ1) is 11.1. The Bertz CT molecular complexity index is 353. The van der Waals surface area contributed by atoms with Crippen molar-refractivity contribution in [2.75, 3.05) is 6.61 Å². The summed E-state index contributed by atoms with van der Waals surface area (Å²) in [5, 5.41) is 9.07. The van der Waals surface area contributed by atoms with Crippen molar-refractivity contribution in [1.29, 1.82) is 0 Å². The van der Waals surface area contributed by atoms with Crippen molar-refractivity contribution in [3.05, 3.63) is 0 Å². The maximum Gasteiger partial charge on any atom is 0.308 e. The average molecular weight is 326 g/mol. The van der Waals surface area contributed by atoms with Crippen molar-refractivity contribution in [3.8, 4) is 0 Å². The van der Waals surface area contributed by atoms with Gasteiger partial charge in [-0.2, -0.15) is 0 Å². The number of carbonyl (C=O) groups is 2. The molecule has 4 nitrogen and oxygen atoms in total. The van der Waals surface area contributed by atoms with Gasteiger partial charge in [0.25, 0.3) is 0 Å². The minimum atomic E-state index is -0.778. The topological polar surface area (TPSA) is 63.6 Å². The Morgan fingerprint density at radius 2 is 1.78 bits per heavy atom. The van der Waals surface area contributed by atoms with Crippen molar-refractivity contribution in [2.24, 2.45) is 17.8 Å². The Labute approximate surface area is 141 Å². The van der Waals surface area contributed by atoms with E-state index >= 15 is 0 Å². The molecule has 0 aromatic carbocycles. The fourth-order valence-electron chi connectivity index (χ4n) is 3.50. The Morgan fingerprint density at radius 1 is 1.09 bits per heavy atom. The van der Waals surface area contributed by atoms with E-state index in [0.717, 1.165) is 31.6 Å². The van der Waals surface area contributed by atoms with Crippen molar-refractivity contribution in [3.63, 3.8) is 0 Å². The molecule has 0 radical (unpaired) electrons. The van der Waals surface area contributed by atoms with Crippen LogP contribution in [-0.4, -0.2) is 23.7 Å². The first-order valence-electron chi connectivity index (χ1n) is 9.47. The predicted molar refractivity (Wildman–Crippen MR) is 91.2 cm³/mol. The van der Waals surface area contributed by atoms with E-state index in [-0.39, 0.29) is 17.8 Å². The number of aliphatic carboxylic acids is 1. The van der Waals surface area contributed by atoms with Crippen LogP contribution in [0.5, 0.6) is 0 Å². The second kappa shape index (κ2) is 11.5. The summed E-state index contributed by atoms with van der Waals surface area (Å²) in [5.74, 6) is -0.738. The lowest BCUT2D eigenvalue weighted by Crippen LogP contribution is -2.28. The molecule has 0 aromatic rings. The molecule has 1 saturated carbocycles. The number of hydrogen-bond donors (Lipinski definition) is 1. The minimum absolute atomic E-state index is 0.186. The molecule has 1 fully saturated rings. The van der Waals surface area contributed by atoms with E-state index in [2.05, 4.69) is 13.8 Å². The van der Waals surface area contributed by atoms with E-state index in [9.17, 15) is 9.59 Å². The molecule has 1 rings (SSSR count). The molecule has 23 heavy (non-hydrogen) atoms. The van der Waals surface area contributed by atoms with Gasteiger partial charge in [-0.1, -0.05) is 52.4 Å². The van der Waals surface area contributed by atoms with Gasteiger partial charge in [0.2, 0.25) is 0 Å². The number of carboxylic acid groups (broad SMARTS) is 1. The summed E-state index contributed by atoms with van der Waals surface area (Å²) in [6.45, 7) is 4.96. The first-order valence-corrected chi connectivity index (χ1v) is 9.47. The third-order valence-electron chi connectivity index (χ3n) is 5.15. The van der Waals surface area contributed by atoms with E-state index < -0.39 is 5.97 Å². The summed E-state index contributed by atoms with van der Waals surface area (Å²) in [4.78, 5) is 23.1. The van der Waals surface area contributed by atoms with Crippen molar-refractivity contribution in [2.45, 2.75) is 84.5 Å². The largest absolute Gasteiger partial charge is 0.481 e. The molecule has 1 aliphatic carbocycles. The zero-order valence-electron chi connectivity index (χ0n) is 14.9. The molecule has 0 aliphatic heterocycles. The first kappa shape index (κ1) is 20.0. The van der Waals surface area contributed by atoms with E-state index in [1.165, 1.54) is 32.1 Å². The zero-order valence-corrected chi connectivity index (χ0v) is 14.9. The van der Waals surface area contributed by atoms with E-state index in [1.54, 1.807) is 0 Å². The maximum atomic E-state index is 12.0. The van der Waals surface area contributed by atoms with Crippen LogP contribution in [0, 0.1) is 17.8 Å². The normalized spacial score (nSPS) is 22.5. The van der Waals surface area contributed by atoms with Crippen LogP contribution < -0.4 is 0 Å². The average Bonchev–Trinajstić information content (AvgIpc) is 2.57. The second-order valence-electron chi connectivity index (χ2n) is 6.98. The lowest BCUT2D eigenvalue weighted by atomic mass is 9.81. The Morgan fingerprint density at radius 3 is 2.43 bits per heavy atom. The SMILES string of the molecule is CCCCC(CC)CCCCOC(=O)C1CCCC(C(=O)O)C1. The van der Waals surface area contributed by atoms with Crippen LogP contribution in [0.4, 0.5) is 0 Å². The lowest BCUT2D eigenvalue weighted by molar-refractivity contribution is -0.152. The van der Waals surface area contributed by atoms with Gasteiger partial charge in [0, 0.05) is 0 Å². The van der Waals surface area contributed by atoms with Crippen molar-refractivity contribution < 1.29 is 19.4 Å². The number of esters is 1. The summed E-state index contributed by atoms with van der Waals surface area (Å²) >= 11 is 0. The van der Waals surface area contributed by atoms with Gasteiger partial charge in [0.1, 0.15) is 0 Å². The van der Waals surface area contributed by atoms with Crippen LogP contribution in [0.15, 0.2) is 0 Å². The standard InChI is InChI=1S/C19H34O4/c1-3-5-9-15(4-2)10-6-7-13-23-19(22)17-12-8-11-16(14-17)18(20)21/h15-17H,3-14H2,1-2H3,(H,20,21). The molecule has 3 atom stereocenters. The second-order valence-corrected chi connectivity index (χ2v) is 6.98. The summed E-state index contributed by atoms with van der Waals surface area (Å²) in [6, 6.07) is 0. The van der Waals surface area contributed by atoms with Crippen molar-refractivity contribution in [1.82, 2.24) is 0 Å². The molecule has 0 saturated heterocycles. The smallest absolute Gasteiger partial charge is 0.308 e. The summed E-state index contributed by atoms with van der Waals surface area (Å²) in [7, 11) is 0. The van der Waals surface area contributed by atoms with Crippen LogP contribution in [0.2, 0.25) is 0 Å². The van der Waals surface area contributed by atoms with Gasteiger partial charge in [0.05, 0.1) is 18.4 Å². The van der Waals surface area contributed by atoms with Gasteiger partial charge in [-0.15, -0.1) is 0 Å². The molecule has 3 unspecified atom stereocenters. The number of carboxylic acids is 1. The lowest BCUT2D eigenvalue weighted by Gasteiger charge is -2.25. The Balaban J connectivity index is 2.15. The van der Waals surface area contributed by atoms with E-state index in [1.807, 2.05) is 0 Å². The minimum Gasteiger partial charge on any atom is -0.481 e. The highest BCUT2D eigenvalue weighted by molar-refractivity contribution is 5.75. The molecular weight excluding hydrogens is 292 g/mol. The fourth-order valence-corrected chi connectivity index (χ4v) is 3.50. The zero-order chi connectivity index (χ0) is 17.1. The molecule has 0 spiro atoms. The molecular formula is C19H34O4. The van der Waals surface area contributed by atoms with E-state index in [0.29, 0.717) is 19.4 Å². The number of unbranched alkanes of at least 4 members (excludes halogenated alkanes) is 2. The van der Waals surface area contributed by atoms with Gasteiger partial charge in [-0.25, -0.2) is 0 Å². The van der Waals surface area contributed by atoms with Crippen LogP contribution in [-0.2, 0) is 14.3 Å². The number of ether oxygens (including phenoxy) is 1. The monoisotopic (exact) mass is 326 g/mol. The molecule has 0 bridgehead atoms. The molecule has 134 valence electrons. The van der Waals surface area contributed by atoms with Crippen LogP contribution in [0.25, 0.3) is 0 Å². The number of hydrogen-bond acceptors (Lipinski definition) is 3. The molecule has 0 aromatic heterocycles. The predicted octanol–water partition coefficient (Wildman–Crippen LogP) is 4.81. The van der Waals surface area contributed by atoms with Crippen LogP contribution >= 0.6 is 0 Å². The van der Waals surface area contributed by atoms with Gasteiger partial charge in [0.15, 0.2) is 0 Å².